The van der Waals surface area contributed by atoms with Crippen LogP contribution in [0.2, 0.25) is 0 Å². The Morgan fingerprint density at radius 2 is 2.10 bits per heavy atom. The normalized spacial score (nSPS) is 25.3. The summed E-state index contributed by atoms with van der Waals surface area (Å²) >= 11 is 0. The highest BCUT2D eigenvalue weighted by molar-refractivity contribution is 5.91. The molecule has 1 aromatic carbocycles. The molecular weight excluding hydrogens is 277 g/mol. The third-order valence-electron chi connectivity index (χ3n) is 4.94. The van der Waals surface area contributed by atoms with E-state index in [9.17, 15) is 13.2 Å². The molecule has 1 atom stereocenters. The highest BCUT2D eigenvalue weighted by Gasteiger charge is 2.48. The number of hydrogen-bond acceptors (Lipinski definition) is 1. The fraction of sp³-hybridized carbons (Fsp3) is 0.438. The van der Waals surface area contributed by atoms with Crippen molar-refractivity contribution in [2.75, 3.05) is 0 Å². The molecule has 1 aromatic heterocycles. The van der Waals surface area contributed by atoms with Crippen LogP contribution in [0.25, 0.3) is 16.6 Å². The van der Waals surface area contributed by atoms with Crippen LogP contribution in [0, 0.1) is 5.41 Å². The van der Waals surface area contributed by atoms with Gasteiger partial charge in [-0.05, 0) is 53.9 Å². The standard InChI is InChI=1S/C16H15F3N2/c1-15-6-2-3-11(16(17,18)19)13(15)9-4-5-12-14(10(9)7-15)21-8-20-12/h4-5,8H,2-3,6-7H2,1H3,(H,20,21). The minimum absolute atomic E-state index is 0.131. The van der Waals surface area contributed by atoms with Gasteiger partial charge in [0.1, 0.15) is 0 Å². The zero-order valence-corrected chi connectivity index (χ0v) is 11.6. The second-order valence-corrected chi connectivity index (χ2v) is 6.33. The van der Waals surface area contributed by atoms with Gasteiger partial charge in [0.25, 0.3) is 0 Å². The molecule has 0 spiro atoms. The molecule has 0 amide bonds. The molecule has 2 aliphatic rings. The molecule has 5 heteroatoms. The van der Waals surface area contributed by atoms with Crippen LogP contribution in [0.4, 0.5) is 13.2 Å². The summed E-state index contributed by atoms with van der Waals surface area (Å²) < 4.78 is 40.3. The molecule has 0 radical (unpaired) electrons. The number of allylic oxidation sites excluding steroid dienone is 2. The summed E-state index contributed by atoms with van der Waals surface area (Å²) in [7, 11) is 0. The van der Waals surface area contributed by atoms with Gasteiger partial charge in [0.15, 0.2) is 0 Å². The first kappa shape index (κ1) is 12.9. The molecule has 0 saturated carbocycles. The maximum atomic E-state index is 13.4. The Bertz CT molecular complexity index is 769. The predicted molar refractivity (Wildman–Crippen MR) is 74.7 cm³/mol. The highest BCUT2D eigenvalue weighted by Crippen LogP contribution is 2.57. The zero-order valence-electron chi connectivity index (χ0n) is 11.6. The number of rotatable bonds is 0. The van der Waals surface area contributed by atoms with Crippen LogP contribution in [0.5, 0.6) is 0 Å². The van der Waals surface area contributed by atoms with E-state index < -0.39 is 11.6 Å². The van der Waals surface area contributed by atoms with Gasteiger partial charge in [0.2, 0.25) is 0 Å². The van der Waals surface area contributed by atoms with E-state index >= 15 is 0 Å². The van der Waals surface area contributed by atoms with Crippen LogP contribution in [0.3, 0.4) is 0 Å². The molecule has 21 heavy (non-hydrogen) atoms. The number of H-pyrrole nitrogens is 1. The molecular formula is C16H15F3N2. The third-order valence-corrected chi connectivity index (χ3v) is 4.94. The van der Waals surface area contributed by atoms with Crippen molar-refractivity contribution >= 4 is 16.6 Å². The van der Waals surface area contributed by atoms with Crippen molar-refractivity contribution in [1.82, 2.24) is 9.97 Å². The van der Waals surface area contributed by atoms with E-state index in [4.69, 9.17) is 0 Å². The molecule has 2 aromatic rings. The Hall–Kier alpha value is -1.78. The van der Waals surface area contributed by atoms with Crippen molar-refractivity contribution < 1.29 is 13.2 Å². The lowest BCUT2D eigenvalue weighted by Gasteiger charge is -2.34. The zero-order chi connectivity index (χ0) is 14.8. The fourth-order valence-electron chi connectivity index (χ4n) is 4.09. The van der Waals surface area contributed by atoms with Crippen LogP contribution in [-0.2, 0) is 6.42 Å². The van der Waals surface area contributed by atoms with Crippen molar-refractivity contribution in [2.45, 2.75) is 38.8 Å². The largest absolute Gasteiger partial charge is 0.412 e. The summed E-state index contributed by atoms with van der Waals surface area (Å²) in [6, 6.07) is 3.66. The molecule has 0 aliphatic heterocycles. The molecule has 2 aliphatic carbocycles. The average molecular weight is 292 g/mol. The van der Waals surface area contributed by atoms with E-state index in [0.29, 0.717) is 18.4 Å². The van der Waals surface area contributed by atoms with E-state index in [-0.39, 0.29) is 12.0 Å². The van der Waals surface area contributed by atoms with Crippen molar-refractivity contribution in [1.29, 1.82) is 0 Å². The number of aromatic amines is 1. The molecule has 0 fully saturated rings. The molecule has 1 N–H and O–H groups in total. The van der Waals surface area contributed by atoms with Gasteiger partial charge < -0.3 is 4.98 Å². The van der Waals surface area contributed by atoms with Crippen molar-refractivity contribution in [3.05, 3.63) is 35.2 Å². The van der Waals surface area contributed by atoms with E-state index in [2.05, 4.69) is 9.97 Å². The summed E-state index contributed by atoms with van der Waals surface area (Å²) in [6.45, 7) is 1.96. The number of benzene rings is 1. The molecule has 1 heterocycles. The first-order valence-electron chi connectivity index (χ1n) is 7.16. The Morgan fingerprint density at radius 1 is 1.29 bits per heavy atom. The number of aromatic nitrogens is 2. The lowest BCUT2D eigenvalue weighted by atomic mass is 9.71. The second kappa shape index (κ2) is 3.90. The number of hydrogen-bond donors (Lipinski definition) is 1. The molecule has 2 nitrogen and oxygen atoms in total. The van der Waals surface area contributed by atoms with E-state index in [1.165, 1.54) is 0 Å². The van der Waals surface area contributed by atoms with Crippen LogP contribution in [0.15, 0.2) is 24.0 Å². The fourth-order valence-corrected chi connectivity index (χ4v) is 4.09. The number of nitrogens with zero attached hydrogens (tertiary/aromatic N) is 1. The molecule has 110 valence electrons. The monoisotopic (exact) mass is 292 g/mol. The van der Waals surface area contributed by atoms with E-state index in [0.717, 1.165) is 28.6 Å². The quantitative estimate of drug-likeness (QED) is 0.753. The van der Waals surface area contributed by atoms with Gasteiger partial charge in [-0.3, -0.25) is 0 Å². The van der Waals surface area contributed by atoms with Gasteiger partial charge in [-0.2, -0.15) is 13.2 Å². The molecule has 0 saturated heterocycles. The predicted octanol–water partition coefficient (Wildman–Crippen LogP) is 4.63. The van der Waals surface area contributed by atoms with Gasteiger partial charge in [-0.25, -0.2) is 4.98 Å². The summed E-state index contributed by atoms with van der Waals surface area (Å²) in [5.41, 5.74) is 3.21. The summed E-state index contributed by atoms with van der Waals surface area (Å²) in [5.74, 6) is 0. The third kappa shape index (κ3) is 1.69. The molecule has 0 bridgehead atoms. The van der Waals surface area contributed by atoms with Crippen molar-refractivity contribution in [3.8, 4) is 0 Å². The van der Waals surface area contributed by atoms with Gasteiger partial charge in [-0.1, -0.05) is 13.0 Å². The summed E-state index contributed by atoms with van der Waals surface area (Å²) in [5, 5.41) is 0. The van der Waals surface area contributed by atoms with Crippen LogP contribution >= 0.6 is 0 Å². The Balaban J connectivity index is 2.05. The maximum Gasteiger partial charge on any atom is 0.412 e. The number of fused-ring (bicyclic) bond motifs is 5. The smallest absolute Gasteiger partial charge is 0.345 e. The Labute approximate surface area is 120 Å². The Morgan fingerprint density at radius 3 is 2.86 bits per heavy atom. The van der Waals surface area contributed by atoms with Gasteiger partial charge in [-0.15, -0.1) is 0 Å². The number of alkyl halides is 3. The average Bonchev–Trinajstić information content (AvgIpc) is 2.96. The summed E-state index contributed by atoms with van der Waals surface area (Å²) in [6.07, 6.45) is -0.436. The molecule has 1 unspecified atom stereocenters. The topological polar surface area (TPSA) is 28.7 Å². The van der Waals surface area contributed by atoms with E-state index in [1.54, 1.807) is 6.33 Å². The summed E-state index contributed by atoms with van der Waals surface area (Å²) in [4.78, 5) is 7.34. The van der Waals surface area contributed by atoms with Crippen LogP contribution in [0.1, 0.15) is 37.3 Å². The number of nitrogens with one attached hydrogen (secondary N) is 1. The van der Waals surface area contributed by atoms with Gasteiger partial charge in [0, 0.05) is 5.57 Å². The highest BCUT2D eigenvalue weighted by atomic mass is 19.4. The lowest BCUT2D eigenvalue weighted by molar-refractivity contribution is -0.0951. The first-order chi connectivity index (χ1) is 9.90. The number of halogens is 3. The SMILES string of the molecule is CC12CCCC(C(F)(F)F)=C1c1ccc3[nH]cnc3c1C2. The van der Waals surface area contributed by atoms with Gasteiger partial charge >= 0.3 is 6.18 Å². The van der Waals surface area contributed by atoms with Gasteiger partial charge in [0.05, 0.1) is 17.4 Å². The lowest BCUT2D eigenvalue weighted by Crippen LogP contribution is -2.26. The van der Waals surface area contributed by atoms with Crippen LogP contribution in [-0.4, -0.2) is 16.1 Å². The van der Waals surface area contributed by atoms with E-state index in [1.807, 2.05) is 19.1 Å². The first-order valence-corrected chi connectivity index (χ1v) is 7.16. The second-order valence-electron chi connectivity index (χ2n) is 6.33. The van der Waals surface area contributed by atoms with Crippen LogP contribution < -0.4 is 0 Å². The minimum atomic E-state index is -4.24. The van der Waals surface area contributed by atoms with Crippen molar-refractivity contribution in [2.24, 2.45) is 5.41 Å². The minimum Gasteiger partial charge on any atom is -0.345 e. The molecule has 4 rings (SSSR count). The van der Waals surface area contributed by atoms with Crippen molar-refractivity contribution in [3.63, 3.8) is 0 Å². The maximum absolute atomic E-state index is 13.4. The number of imidazole rings is 1. The Kier molecular flexibility index (Phi) is 2.40.